The molecule has 0 fully saturated rings. The van der Waals surface area contributed by atoms with E-state index in [1.807, 2.05) is 0 Å². The van der Waals surface area contributed by atoms with Crippen molar-refractivity contribution in [2.45, 2.75) is 51.1 Å². The molecule has 1 heterocycles. The third kappa shape index (κ3) is 3.56. The molecule has 0 bridgehead atoms. The van der Waals surface area contributed by atoms with Gasteiger partial charge < -0.3 is 9.88 Å². The van der Waals surface area contributed by atoms with Crippen LogP contribution in [0.5, 0.6) is 0 Å². The molecular weight excluding hydrogens is 256 g/mol. The summed E-state index contributed by atoms with van der Waals surface area (Å²) in [7, 11) is 2.09. The van der Waals surface area contributed by atoms with Gasteiger partial charge in [0.2, 0.25) is 0 Å². The van der Waals surface area contributed by atoms with Gasteiger partial charge in [0.1, 0.15) is 0 Å². The number of hydrogen-bond donors (Lipinski definition) is 1. The van der Waals surface area contributed by atoms with Crippen molar-refractivity contribution in [3.8, 4) is 0 Å². The zero-order valence-corrected chi connectivity index (χ0v) is 13.0. The molecule has 1 atom stereocenters. The second-order valence-electron chi connectivity index (χ2n) is 6.15. The first-order valence-corrected chi connectivity index (χ1v) is 8.26. The van der Waals surface area contributed by atoms with Crippen LogP contribution in [-0.4, -0.2) is 11.6 Å². The van der Waals surface area contributed by atoms with Crippen molar-refractivity contribution in [2.75, 3.05) is 7.05 Å². The second kappa shape index (κ2) is 6.95. The molecule has 1 aliphatic rings. The number of aromatic nitrogens is 1. The van der Waals surface area contributed by atoms with Crippen LogP contribution >= 0.6 is 0 Å². The van der Waals surface area contributed by atoms with Crippen LogP contribution in [0.1, 0.15) is 48.4 Å². The molecule has 0 saturated carbocycles. The minimum atomic E-state index is 0.554. The summed E-state index contributed by atoms with van der Waals surface area (Å²) < 4.78 is 2.41. The summed E-state index contributed by atoms with van der Waals surface area (Å²) in [5.41, 5.74) is 4.54. The van der Waals surface area contributed by atoms with E-state index in [2.05, 4.69) is 59.7 Å². The Morgan fingerprint density at radius 2 is 2.00 bits per heavy atom. The van der Waals surface area contributed by atoms with Crippen molar-refractivity contribution in [3.63, 3.8) is 0 Å². The van der Waals surface area contributed by atoms with E-state index in [1.165, 1.54) is 49.7 Å². The Balaban J connectivity index is 1.62. The number of benzene rings is 1. The molecular formula is C19H26N2. The molecule has 2 aromatic rings. The van der Waals surface area contributed by atoms with Gasteiger partial charge in [-0.25, -0.2) is 0 Å². The van der Waals surface area contributed by atoms with Crippen LogP contribution in [0.3, 0.4) is 0 Å². The van der Waals surface area contributed by atoms with E-state index in [9.17, 15) is 0 Å². The number of fused-ring (bicyclic) bond motifs is 1. The molecule has 0 amide bonds. The van der Waals surface area contributed by atoms with Gasteiger partial charge in [-0.05, 0) is 55.8 Å². The molecule has 1 N–H and O–H groups in total. The van der Waals surface area contributed by atoms with Gasteiger partial charge in [0.15, 0.2) is 0 Å². The molecule has 0 radical (unpaired) electrons. The fourth-order valence-corrected chi connectivity index (χ4v) is 3.45. The fourth-order valence-electron chi connectivity index (χ4n) is 3.45. The Morgan fingerprint density at radius 1 is 1.14 bits per heavy atom. The third-order valence-corrected chi connectivity index (χ3v) is 4.63. The highest BCUT2D eigenvalue weighted by Gasteiger charge is 2.18. The van der Waals surface area contributed by atoms with Gasteiger partial charge in [-0.2, -0.15) is 0 Å². The topological polar surface area (TPSA) is 17.0 Å². The van der Waals surface area contributed by atoms with Crippen molar-refractivity contribution >= 4 is 0 Å². The van der Waals surface area contributed by atoms with E-state index in [4.69, 9.17) is 0 Å². The minimum absolute atomic E-state index is 0.554. The van der Waals surface area contributed by atoms with Gasteiger partial charge in [-0.15, -0.1) is 0 Å². The molecule has 1 aromatic heterocycles. The molecule has 1 aromatic carbocycles. The Morgan fingerprint density at radius 3 is 2.81 bits per heavy atom. The standard InChI is InChI=1S/C19H26N2/c1-20-19-12-6-5-11-17-14-21(15-18(17)19)13-7-10-16-8-3-2-4-9-16/h2-4,8-9,14-15,19-20H,5-7,10-13H2,1H3. The van der Waals surface area contributed by atoms with E-state index in [0.29, 0.717) is 6.04 Å². The predicted molar refractivity (Wildman–Crippen MR) is 88.6 cm³/mol. The van der Waals surface area contributed by atoms with Crippen molar-refractivity contribution in [1.82, 2.24) is 9.88 Å². The van der Waals surface area contributed by atoms with E-state index < -0.39 is 0 Å². The molecule has 21 heavy (non-hydrogen) atoms. The molecule has 0 aliphatic heterocycles. The summed E-state index contributed by atoms with van der Waals surface area (Å²) in [5.74, 6) is 0. The quantitative estimate of drug-likeness (QED) is 0.817. The molecule has 1 unspecified atom stereocenters. The summed E-state index contributed by atoms with van der Waals surface area (Å²) >= 11 is 0. The molecule has 1 aliphatic carbocycles. The fraction of sp³-hybridized carbons (Fsp3) is 0.474. The first kappa shape index (κ1) is 14.4. The molecule has 2 heteroatoms. The largest absolute Gasteiger partial charge is 0.354 e. The highest BCUT2D eigenvalue weighted by atomic mass is 15.0. The van der Waals surface area contributed by atoms with Gasteiger partial charge in [-0.1, -0.05) is 36.8 Å². The second-order valence-corrected chi connectivity index (χ2v) is 6.15. The smallest absolute Gasteiger partial charge is 0.0335 e. The maximum absolute atomic E-state index is 3.48. The lowest BCUT2D eigenvalue weighted by molar-refractivity contribution is 0.529. The molecule has 0 saturated heterocycles. The predicted octanol–water partition coefficient (Wildman–Crippen LogP) is 4.11. The summed E-state index contributed by atoms with van der Waals surface area (Å²) in [5, 5.41) is 3.48. The van der Waals surface area contributed by atoms with Gasteiger partial charge >= 0.3 is 0 Å². The number of nitrogens with one attached hydrogen (secondary N) is 1. The lowest BCUT2D eigenvalue weighted by Gasteiger charge is -2.13. The van der Waals surface area contributed by atoms with Gasteiger partial charge in [0.05, 0.1) is 0 Å². The summed E-state index contributed by atoms with van der Waals surface area (Å²) in [6, 6.07) is 11.3. The van der Waals surface area contributed by atoms with E-state index >= 15 is 0 Å². The average Bonchev–Trinajstić information content (AvgIpc) is 2.82. The summed E-state index contributed by atoms with van der Waals surface area (Å²) in [4.78, 5) is 0. The monoisotopic (exact) mass is 282 g/mol. The van der Waals surface area contributed by atoms with Crippen LogP contribution in [0.2, 0.25) is 0 Å². The maximum Gasteiger partial charge on any atom is 0.0335 e. The lowest BCUT2D eigenvalue weighted by Crippen LogP contribution is -2.15. The molecule has 3 rings (SSSR count). The first-order valence-electron chi connectivity index (χ1n) is 8.26. The zero-order valence-electron chi connectivity index (χ0n) is 13.0. The normalized spacial score (nSPS) is 18.2. The molecule has 0 spiro atoms. The van der Waals surface area contributed by atoms with Crippen LogP contribution in [0.15, 0.2) is 42.7 Å². The third-order valence-electron chi connectivity index (χ3n) is 4.63. The zero-order chi connectivity index (χ0) is 14.5. The highest BCUT2D eigenvalue weighted by Crippen LogP contribution is 2.29. The van der Waals surface area contributed by atoms with Crippen molar-refractivity contribution in [1.29, 1.82) is 0 Å². The van der Waals surface area contributed by atoms with Crippen LogP contribution in [0.4, 0.5) is 0 Å². The van der Waals surface area contributed by atoms with Gasteiger partial charge in [0.25, 0.3) is 0 Å². The Kier molecular flexibility index (Phi) is 4.76. The van der Waals surface area contributed by atoms with Crippen LogP contribution in [-0.2, 0) is 19.4 Å². The molecule has 112 valence electrons. The number of aryl methyl sites for hydroxylation is 3. The Hall–Kier alpha value is -1.54. The summed E-state index contributed by atoms with van der Waals surface area (Å²) in [6.45, 7) is 1.12. The van der Waals surface area contributed by atoms with Gasteiger partial charge in [0, 0.05) is 25.0 Å². The lowest BCUT2D eigenvalue weighted by atomic mass is 10.1. The van der Waals surface area contributed by atoms with Crippen LogP contribution < -0.4 is 5.32 Å². The van der Waals surface area contributed by atoms with E-state index in [1.54, 1.807) is 5.56 Å². The number of nitrogens with zero attached hydrogens (tertiary/aromatic N) is 1. The van der Waals surface area contributed by atoms with Crippen LogP contribution in [0.25, 0.3) is 0 Å². The van der Waals surface area contributed by atoms with Crippen molar-refractivity contribution < 1.29 is 0 Å². The summed E-state index contributed by atoms with van der Waals surface area (Å²) in [6.07, 6.45) is 12.3. The molecule has 2 nitrogen and oxygen atoms in total. The SMILES string of the molecule is CNC1CCCCc2cn(CCCc3ccccc3)cc21. The van der Waals surface area contributed by atoms with Gasteiger partial charge in [-0.3, -0.25) is 0 Å². The Bertz CT molecular complexity index is 556. The maximum atomic E-state index is 3.48. The van der Waals surface area contributed by atoms with E-state index in [0.717, 1.165) is 6.54 Å². The Labute approximate surface area is 128 Å². The van der Waals surface area contributed by atoms with Crippen LogP contribution in [0, 0.1) is 0 Å². The van der Waals surface area contributed by atoms with E-state index in [-0.39, 0.29) is 0 Å². The van der Waals surface area contributed by atoms with Crippen molar-refractivity contribution in [3.05, 3.63) is 59.4 Å². The number of rotatable bonds is 5. The first-order chi connectivity index (χ1) is 10.4. The minimum Gasteiger partial charge on any atom is -0.354 e. The number of hydrogen-bond acceptors (Lipinski definition) is 1. The van der Waals surface area contributed by atoms with Crippen molar-refractivity contribution in [2.24, 2.45) is 0 Å². The average molecular weight is 282 g/mol. The highest BCUT2D eigenvalue weighted by molar-refractivity contribution is 5.29.